The Hall–Kier alpha value is -1.09. The van der Waals surface area contributed by atoms with Crippen LogP contribution in [0.5, 0.6) is 0 Å². The van der Waals surface area contributed by atoms with Gasteiger partial charge in [-0.05, 0) is 49.7 Å². The molecule has 19 heavy (non-hydrogen) atoms. The SMILES string of the molecule is C[C@@H](N)c1ccc(N2CCC3(CCCC3)CC2)nc1. The molecule has 2 aliphatic rings. The van der Waals surface area contributed by atoms with Crippen LogP contribution in [0.25, 0.3) is 0 Å². The third-order valence-electron chi connectivity index (χ3n) is 5.11. The van der Waals surface area contributed by atoms with E-state index in [-0.39, 0.29) is 6.04 Å². The molecule has 1 atom stereocenters. The fourth-order valence-electron chi connectivity index (χ4n) is 3.69. The normalized spacial score (nSPS) is 23.8. The Morgan fingerprint density at radius 1 is 1.16 bits per heavy atom. The predicted molar refractivity (Wildman–Crippen MR) is 79.2 cm³/mol. The van der Waals surface area contributed by atoms with Crippen molar-refractivity contribution in [2.45, 2.75) is 51.5 Å². The summed E-state index contributed by atoms with van der Waals surface area (Å²) in [4.78, 5) is 7.02. The third kappa shape index (κ3) is 2.62. The maximum atomic E-state index is 5.87. The fourth-order valence-corrected chi connectivity index (χ4v) is 3.69. The molecule has 0 bridgehead atoms. The van der Waals surface area contributed by atoms with Crippen LogP contribution in [0.3, 0.4) is 0 Å². The number of rotatable bonds is 2. The topological polar surface area (TPSA) is 42.1 Å². The van der Waals surface area contributed by atoms with Crippen molar-refractivity contribution in [1.29, 1.82) is 0 Å². The van der Waals surface area contributed by atoms with E-state index in [1.807, 2.05) is 13.1 Å². The summed E-state index contributed by atoms with van der Waals surface area (Å²) < 4.78 is 0. The van der Waals surface area contributed by atoms with Crippen LogP contribution in [0.1, 0.15) is 57.1 Å². The van der Waals surface area contributed by atoms with Crippen molar-refractivity contribution in [3.05, 3.63) is 23.9 Å². The molecule has 1 aliphatic carbocycles. The van der Waals surface area contributed by atoms with Crippen molar-refractivity contribution in [1.82, 2.24) is 4.98 Å². The van der Waals surface area contributed by atoms with E-state index < -0.39 is 0 Å². The van der Waals surface area contributed by atoms with Crippen LogP contribution in [0.4, 0.5) is 5.82 Å². The molecule has 2 fully saturated rings. The molecule has 3 nitrogen and oxygen atoms in total. The van der Waals surface area contributed by atoms with E-state index in [0.717, 1.165) is 11.4 Å². The lowest BCUT2D eigenvalue weighted by Crippen LogP contribution is -2.39. The van der Waals surface area contributed by atoms with Gasteiger partial charge in [0.25, 0.3) is 0 Å². The number of aromatic nitrogens is 1. The Bertz CT molecular complexity index is 408. The molecule has 1 saturated heterocycles. The Labute approximate surface area is 116 Å². The maximum absolute atomic E-state index is 5.87. The second kappa shape index (κ2) is 5.12. The Balaban J connectivity index is 1.64. The number of hydrogen-bond acceptors (Lipinski definition) is 3. The minimum absolute atomic E-state index is 0.0738. The van der Waals surface area contributed by atoms with Crippen LogP contribution in [0, 0.1) is 5.41 Å². The van der Waals surface area contributed by atoms with E-state index in [1.54, 1.807) is 0 Å². The van der Waals surface area contributed by atoms with E-state index in [2.05, 4.69) is 22.0 Å². The first kappa shape index (κ1) is 12.9. The first-order valence-corrected chi connectivity index (χ1v) is 7.65. The van der Waals surface area contributed by atoms with Gasteiger partial charge in [-0.3, -0.25) is 0 Å². The van der Waals surface area contributed by atoms with Crippen molar-refractivity contribution in [2.24, 2.45) is 11.1 Å². The van der Waals surface area contributed by atoms with Gasteiger partial charge in [0.2, 0.25) is 0 Å². The zero-order valence-corrected chi connectivity index (χ0v) is 11.9. The first-order chi connectivity index (χ1) is 9.19. The lowest BCUT2D eigenvalue weighted by Gasteiger charge is -2.40. The molecule has 0 amide bonds. The minimum Gasteiger partial charge on any atom is -0.357 e. The van der Waals surface area contributed by atoms with Crippen molar-refractivity contribution in [3.8, 4) is 0 Å². The van der Waals surface area contributed by atoms with Gasteiger partial charge in [-0.15, -0.1) is 0 Å². The molecular weight excluding hydrogens is 234 g/mol. The van der Waals surface area contributed by atoms with Gasteiger partial charge in [0.15, 0.2) is 0 Å². The number of nitrogens with two attached hydrogens (primary N) is 1. The molecular formula is C16H25N3. The Morgan fingerprint density at radius 3 is 2.37 bits per heavy atom. The van der Waals surface area contributed by atoms with Crippen molar-refractivity contribution in [2.75, 3.05) is 18.0 Å². The summed E-state index contributed by atoms with van der Waals surface area (Å²) in [5, 5.41) is 0. The Kier molecular flexibility index (Phi) is 3.48. The van der Waals surface area contributed by atoms with Gasteiger partial charge in [0, 0.05) is 25.3 Å². The molecule has 0 radical (unpaired) electrons. The van der Waals surface area contributed by atoms with Gasteiger partial charge in [-0.2, -0.15) is 0 Å². The number of hydrogen-bond donors (Lipinski definition) is 1. The van der Waals surface area contributed by atoms with Crippen molar-refractivity contribution < 1.29 is 0 Å². The van der Waals surface area contributed by atoms with Gasteiger partial charge < -0.3 is 10.6 Å². The van der Waals surface area contributed by atoms with E-state index >= 15 is 0 Å². The molecule has 3 rings (SSSR count). The average Bonchev–Trinajstić information content (AvgIpc) is 2.88. The number of anilines is 1. The van der Waals surface area contributed by atoms with Gasteiger partial charge in [-0.1, -0.05) is 18.9 Å². The lowest BCUT2D eigenvalue weighted by atomic mass is 9.77. The Morgan fingerprint density at radius 2 is 1.84 bits per heavy atom. The van der Waals surface area contributed by atoms with E-state index in [0.29, 0.717) is 5.41 Å². The number of nitrogens with zero attached hydrogens (tertiary/aromatic N) is 2. The summed E-state index contributed by atoms with van der Waals surface area (Å²) in [6, 6.07) is 4.32. The predicted octanol–water partition coefficient (Wildman–Crippen LogP) is 3.26. The molecule has 0 unspecified atom stereocenters. The summed E-state index contributed by atoms with van der Waals surface area (Å²) in [5.41, 5.74) is 7.67. The molecule has 2 N–H and O–H groups in total. The monoisotopic (exact) mass is 259 g/mol. The van der Waals surface area contributed by atoms with Crippen LogP contribution in [-0.2, 0) is 0 Å². The van der Waals surface area contributed by atoms with E-state index in [9.17, 15) is 0 Å². The number of piperidine rings is 1. The van der Waals surface area contributed by atoms with E-state index in [1.165, 1.54) is 51.6 Å². The quantitative estimate of drug-likeness (QED) is 0.886. The molecule has 1 spiro atoms. The highest BCUT2D eigenvalue weighted by Crippen LogP contribution is 2.46. The zero-order valence-electron chi connectivity index (χ0n) is 11.9. The lowest BCUT2D eigenvalue weighted by molar-refractivity contribution is 0.226. The van der Waals surface area contributed by atoms with E-state index in [4.69, 9.17) is 5.73 Å². The van der Waals surface area contributed by atoms with Crippen LogP contribution in [0.2, 0.25) is 0 Å². The van der Waals surface area contributed by atoms with Crippen LogP contribution < -0.4 is 10.6 Å². The summed E-state index contributed by atoms with van der Waals surface area (Å²) >= 11 is 0. The maximum Gasteiger partial charge on any atom is 0.128 e. The van der Waals surface area contributed by atoms with Gasteiger partial charge in [-0.25, -0.2) is 4.98 Å². The summed E-state index contributed by atoms with van der Waals surface area (Å²) in [6.07, 6.45) is 10.4. The van der Waals surface area contributed by atoms with Crippen LogP contribution in [-0.4, -0.2) is 18.1 Å². The minimum atomic E-state index is 0.0738. The number of pyridine rings is 1. The zero-order chi connectivity index (χ0) is 13.3. The molecule has 1 aromatic heterocycles. The highest BCUT2D eigenvalue weighted by Gasteiger charge is 2.37. The largest absolute Gasteiger partial charge is 0.357 e. The molecule has 0 aromatic carbocycles. The standard InChI is InChI=1S/C16H25N3/c1-13(17)14-4-5-15(18-12-14)19-10-8-16(9-11-19)6-2-3-7-16/h4-5,12-13H,2-3,6-11,17H2,1H3/t13-/m1/s1. The summed E-state index contributed by atoms with van der Waals surface area (Å²) in [7, 11) is 0. The average molecular weight is 259 g/mol. The first-order valence-electron chi connectivity index (χ1n) is 7.65. The highest BCUT2D eigenvalue weighted by atomic mass is 15.2. The second-order valence-corrected chi connectivity index (χ2v) is 6.43. The molecule has 1 aromatic rings. The molecule has 3 heteroatoms. The second-order valence-electron chi connectivity index (χ2n) is 6.43. The molecule has 2 heterocycles. The third-order valence-corrected chi connectivity index (χ3v) is 5.11. The smallest absolute Gasteiger partial charge is 0.128 e. The fraction of sp³-hybridized carbons (Fsp3) is 0.688. The highest BCUT2D eigenvalue weighted by molar-refractivity contribution is 5.40. The van der Waals surface area contributed by atoms with Crippen molar-refractivity contribution in [3.63, 3.8) is 0 Å². The van der Waals surface area contributed by atoms with Crippen molar-refractivity contribution >= 4 is 5.82 Å². The van der Waals surface area contributed by atoms with Crippen LogP contribution >= 0.6 is 0 Å². The molecule has 1 saturated carbocycles. The van der Waals surface area contributed by atoms with Gasteiger partial charge >= 0.3 is 0 Å². The molecule has 104 valence electrons. The summed E-state index contributed by atoms with van der Waals surface area (Å²) in [5.74, 6) is 1.12. The molecule has 1 aliphatic heterocycles. The van der Waals surface area contributed by atoms with Crippen LogP contribution in [0.15, 0.2) is 18.3 Å². The van der Waals surface area contributed by atoms with Gasteiger partial charge in [0.1, 0.15) is 5.82 Å². The van der Waals surface area contributed by atoms with Gasteiger partial charge in [0.05, 0.1) is 0 Å². The summed E-state index contributed by atoms with van der Waals surface area (Å²) in [6.45, 7) is 4.34.